The van der Waals surface area contributed by atoms with E-state index in [9.17, 15) is 0 Å². The summed E-state index contributed by atoms with van der Waals surface area (Å²) in [6.45, 7) is 7.32. The summed E-state index contributed by atoms with van der Waals surface area (Å²) < 4.78 is 0. The van der Waals surface area contributed by atoms with Gasteiger partial charge in [-0.1, -0.05) is 36.8 Å². The first kappa shape index (κ1) is 11.5. The molecule has 1 aromatic rings. The molecule has 0 heterocycles. The minimum Gasteiger partial charge on any atom is -0.298 e. The van der Waals surface area contributed by atoms with Crippen LogP contribution in [0.2, 0.25) is 0 Å². The summed E-state index contributed by atoms with van der Waals surface area (Å²) in [5, 5.41) is 0. The highest BCUT2D eigenvalue weighted by Gasteiger charge is 2.02. The fourth-order valence-corrected chi connectivity index (χ4v) is 1.78. The number of rotatable bonds is 5. The van der Waals surface area contributed by atoms with Gasteiger partial charge in [-0.25, -0.2) is 0 Å². The second-order valence-corrected chi connectivity index (χ2v) is 3.92. The van der Waals surface area contributed by atoms with E-state index in [1.165, 1.54) is 11.1 Å². The van der Waals surface area contributed by atoms with E-state index in [0.717, 1.165) is 19.6 Å². The van der Waals surface area contributed by atoms with Gasteiger partial charge in [0.15, 0.2) is 0 Å². The van der Waals surface area contributed by atoms with Crippen molar-refractivity contribution in [1.29, 1.82) is 0 Å². The Bertz CT molecular complexity index is 273. The van der Waals surface area contributed by atoms with Gasteiger partial charge >= 0.3 is 0 Å². The van der Waals surface area contributed by atoms with Gasteiger partial charge in [0.25, 0.3) is 0 Å². The second-order valence-electron chi connectivity index (χ2n) is 3.55. The second kappa shape index (κ2) is 6.05. The van der Waals surface area contributed by atoms with E-state index < -0.39 is 0 Å². The molecule has 1 rings (SSSR count). The normalized spacial score (nSPS) is 10.9. The zero-order valence-electron chi connectivity index (χ0n) is 8.96. The lowest BCUT2D eigenvalue weighted by Gasteiger charge is -2.19. The highest BCUT2D eigenvalue weighted by Crippen LogP contribution is 2.07. The first-order chi connectivity index (χ1) is 6.76. The Balaban J connectivity index is 2.57. The van der Waals surface area contributed by atoms with Crippen molar-refractivity contribution >= 4 is 11.6 Å². The molecular formula is C12H18ClN. The van der Waals surface area contributed by atoms with Gasteiger partial charge in [0.1, 0.15) is 0 Å². The minimum atomic E-state index is 0.708. The molecule has 0 bridgehead atoms. The van der Waals surface area contributed by atoms with Crippen LogP contribution in [0, 0.1) is 6.92 Å². The number of alkyl halides is 1. The van der Waals surface area contributed by atoms with E-state index in [4.69, 9.17) is 11.6 Å². The van der Waals surface area contributed by atoms with Crippen molar-refractivity contribution in [1.82, 2.24) is 4.90 Å². The first-order valence-corrected chi connectivity index (χ1v) is 5.63. The third-order valence-electron chi connectivity index (χ3n) is 2.34. The molecule has 0 saturated carbocycles. The van der Waals surface area contributed by atoms with Gasteiger partial charge in [-0.3, -0.25) is 4.90 Å². The van der Waals surface area contributed by atoms with E-state index in [1.54, 1.807) is 0 Å². The monoisotopic (exact) mass is 211 g/mol. The number of benzene rings is 1. The summed E-state index contributed by atoms with van der Waals surface area (Å²) in [7, 11) is 0. The first-order valence-electron chi connectivity index (χ1n) is 5.10. The van der Waals surface area contributed by atoms with Crippen LogP contribution in [0.1, 0.15) is 18.1 Å². The lowest BCUT2D eigenvalue weighted by molar-refractivity contribution is 0.297. The molecule has 14 heavy (non-hydrogen) atoms. The predicted molar refractivity (Wildman–Crippen MR) is 62.9 cm³/mol. The van der Waals surface area contributed by atoms with E-state index in [1.807, 2.05) is 0 Å². The molecule has 0 radical (unpaired) electrons. The van der Waals surface area contributed by atoms with Crippen LogP contribution in [0.4, 0.5) is 0 Å². The molecule has 0 fully saturated rings. The van der Waals surface area contributed by atoms with Gasteiger partial charge in [0.05, 0.1) is 0 Å². The van der Waals surface area contributed by atoms with E-state index in [-0.39, 0.29) is 0 Å². The van der Waals surface area contributed by atoms with Crippen molar-refractivity contribution in [3.63, 3.8) is 0 Å². The molecule has 78 valence electrons. The lowest BCUT2D eigenvalue weighted by atomic mass is 10.1. The zero-order valence-corrected chi connectivity index (χ0v) is 9.72. The van der Waals surface area contributed by atoms with Gasteiger partial charge in [0.2, 0.25) is 0 Å². The van der Waals surface area contributed by atoms with E-state index in [0.29, 0.717) is 5.88 Å². The number of hydrogen-bond donors (Lipinski definition) is 0. The molecule has 0 aromatic heterocycles. The number of nitrogens with zero attached hydrogens (tertiary/aromatic N) is 1. The minimum absolute atomic E-state index is 0.708. The molecule has 0 aliphatic heterocycles. The zero-order chi connectivity index (χ0) is 10.4. The van der Waals surface area contributed by atoms with E-state index in [2.05, 4.69) is 43.0 Å². The van der Waals surface area contributed by atoms with Crippen molar-refractivity contribution < 1.29 is 0 Å². The van der Waals surface area contributed by atoms with Crippen LogP contribution in [-0.2, 0) is 6.54 Å². The third-order valence-corrected chi connectivity index (χ3v) is 2.51. The van der Waals surface area contributed by atoms with Crippen LogP contribution in [-0.4, -0.2) is 23.9 Å². The molecule has 0 amide bonds. The van der Waals surface area contributed by atoms with Crippen molar-refractivity contribution in [3.8, 4) is 0 Å². The molecule has 1 nitrogen and oxygen atoms in total. The van der Waals surface area contributed by atoms with Crippen LogP contribution < -0.4 is 0 Å². The molecule has 0 spiro atoms. The van der Waals surface area contributed by atoms with Crippen LogP contribution in [0.15, 0.2) is 24.3 Å². The Morgan fingerprint density at radius 1 is 1.36 bits per heavy atom. The third kappa shape index (κ3) is 3.69. The topological polar surface area (TPSA) is 3.24 Å². The summed E-state index contributed by atoms with van der Waals surface area (Å²) in [5.41, 5.74) is 2.70. The maximum atomic E-state index is 5.73. The summed E-state index contributed by atoms with van der Waals surface area (Å²) >= 11 is 5.73. The average molecular weight is 212 g/mol. The quantitative estimate of drug-likeness (QED) is 0.677. The van der Waals surface area contributed by atoms with Gasteiger partial charge in [-0.2, -0.15) is 0 Å². The summed E-state index contributed by atoms with van der Waals surface area (Å²) in [4.78, 5) is 2.35. The maximum absolute atomic E-state index is 5.73. The van der Waals surface area contributed by atoms with Gasteiger partial charge in [-0.15, -0.1) is 11.6 Å². The molecule has 0 aliphatic carbocycles. The molecule has 2 heteroatoms. The van der Waals surface area contributed by atoms with Crippen molar-refractivity contribution in [3.05, 3.63) is 35.4 Å². The SMILES string of the molecule is CCN(CCCl)Cc1cccc(C)c1. The predicted octanol–water partition coefficient (Wildman–Crippen LogP) is 3.06. The number of halogens is 1. The highest BCUT2D eigenvalue weighted by atomic mass is 35.5. The van der Waals surface area contributed by atoms with Crippen molar-refractivity contribution in [2.24, 2.45) is 0 Å². The number of hydrogen-bond acceptors (Lipinski definition) is 1. The van der Waals surface area contributed by atoms with Gasteiger partial charge in [-0.05, 0) is 19.0 Å². The summed E-state index contributed by atoms with van der Waals surface area (Å²) in [6, 6.07) is 8.64. The Morgan fingerprint density at radius 3 is 2.71 bits per heavy atom. The molecule has 0 atom stereocenters. The summed E-state index contributed by atoms with van der Waals surface area (Å²) in [5.74, 6) is 0.708. The fourth-order valence-electron chi connectivity index (χ4n) is 1.54. The Labute approximate surface area is 91.7 Å². The summed E-state index contributed by atoms with van der Waals surface area (Å²) in [6.07, 6.45) is 0. The molecule has 0 unspecified atom stereocenters. The van der Waals surface area contributed by atoms with Gasteiger partial charge in [0, 0.05) is 19.0 Å². The highest BCUT2D eigenvalue weighted by molar-refractivity contribution is 6.18. The fraction of sp³-hybridized carbons (Fsp3) is 0.500. The van der Waals surface area contributed by atoms with Crippen LogP contribution in [0.3, 0.4) is 0 Å². The average Bonchev–Trinajstić information content (AvgIpc) is 2.17. The lowest BCUT2D eigenvalue weighted by Crippen LogP contribution is -2.24. The Kier molecular flexibility index (Phi) is 4.99. The van der Waals surface area contributed by atoms with Crippen LogP contribution >= 0.6 is 11.6 Å². The molecule has 0 saturated heterocycles. The molecule has 0 aliphatic rings. The van der Waals surface area contributed by atoms with Crippen LogP contribution in [0.5, 0.6) is 0 Å². The number of aryl methyl sites for hydroxylation is 1. The van der Waals surface area contributed by atoms with Crippen molar-refractivity contribution in [2.45, 2.75) is 20.4 Å². The van der Waals surface area contributed by atoms with E-state index >= 15 is 0 Å². The Morgan fingerprint density at radius 2 is 2.14 bits per heavy atom. The Hall–Kier alpha value is -0.530. The van der Waals surface area contributed by atoms with Crippen LogP contribution in [0.25, 0.3) is 0 Å². The van der Waals surface area contributed by atoms with Gasteiger partial charge < -0.3 is 0 Å². The maximum Gasteiger partial charge on any atom is 0.0351 e. The molecule has 1 aromatic carbocycles. The standard InChI is InChI=1S/C12H18ClN/c1-3-14(8-7-13)10-12-6-4-5-11(2)9-12/h4-6,9H,3,7-8,10H2,1-2H3. The molecular weight excluding hydrogens is 194 g/mol. The largest absolute Gasteiger partial charge is 0.298 e. The smallest absolute Gasteiger partial charge is 0.0351 e. The van der Waals surface area contributed by atoms with Crippen molar-refractivity contribution in [2.75, 3.05) is 19.0 Å². The molecule has 0 N–H and O–H groups in total.